The van der Waals surface area contributed by atoms with Gasteiger partial charge in [0.1, 0.15) is 5.82 Å². The van der Waals surface area contributed by atoms with Gasteiger partial charge in [-0.25, -0.2) is 4.39 Å². The van der Waals surface area contributed by atoms with Crippen LogP contribution in [0.1, 0.15) is 5.56 Å². The van der Waals surface area contributed by atoms with Crippen LogP contribution in [0.3, 0.4) is 0 Å². The molecular weight excluding hydrogens is 223 g/mol. The van der Waals surface area contributed by atoms with Crippen LogP contribution < -0.4 is 0 Å². The van der Waals surface area contributed by atoms with Gasteiger partial charge in [-0.3, -0.25) is 0 Å². The summed E-state index contributed by atoms with van der Waals surface area (Å²) in [7, 11) is 0. The molecule has 1 saturated heterocycles. The summed E-state index contributed by atoms with van der Waals surface area (Å²) in [6.07, 6.45) is 0. The number of hydrogen-bond donors (Lipinski definition) is 0. The highest BCUT2D eigenvalue weighted by Crippen LogP contribution is 2.38. The van der Waals surface area contributed by atoms with Gasteiger partial charge >= 0.3 is 0 Å². The van der Waals surface area contributed by atoms with Crippen molar-refractivity contribution in [2.45, 2.75) is 4.32 Å². The molecule has 0 aliphatic carbocycles. The molecule has 1 aromatic rings. The van der Waals surface area contributed by atoms with Crippen LogP contribution in [0.2, 0.25) is 0 Å². The Balaban J connectivity index is 2.33. The molecule has 3 heteroatoms. The number of ether oxygens (including phenoxy) is 1. The number of hydrogen-bond acceptors (Lipinski definition) is 1. The van der Waals surface area contributed by atoms with Crippen molar-refractivity contribution in [1.82, 2.24) is 0 Å². The van der Waals surface area contributed by atoms with E-state index in [1.165, 1.54) is 12.1 Å². The van der Waals surface area contributed by atoms with Gasteiger partial charge in [-0.05, 0) is 17.7 Å². The summed E-state index contributed by atoms with van der Waals surface area (Å²) in [6.45, 7) is 1.24. The van der Waals surface area contributed by atoms with Gasteiger partial charge in [0.05, 0.1) is 17.5 Å². The van der Waals surface area contributed by atoms with Crippen molar-refractivity contribution >= 4 is 15.9 Å². The van der Waals surface area contributed by atoms with Crippen molar-refractivity contribution in [2.24, 2.45) is 0 Å². The highest BCUT2D eigenvalue weighted by molar-refractivity contribution is 9.09. The third kappa shape index (κ3) is 1.27. The van der Waals surface area contributed by atoms with E-state index >= 15 is 0 Å². The van der Waals surface area contributed by atoms with Crippen molar-refractivity contribution < 1.29 is 9.13 Å². The van der Waals surface area contributed by atoms with Gasteiger partial charge < -0.3 is 4.74 Å². The maximum atomic E-state index is 12.8. The van der Waals surface area contributed by atoms with E-state index in [9.17, 15) is 4.39 Å². The highest BCUT2D eigenvalue weighted by atomic mass is 79.9. The van der Waals surface area contributed by atoms with Crippen LogP contribution in [0, 0.1) is 5.82 Å². The largest absolute Gasteiger partial charge is 0.378 e. The van der Waals surface area contributed by atoms with Gasteiger partial charge in [-0.1, -0.05) is 28.1 Å². The lowest BCUT2D eigenvalue weighted by Crippen LogP contribution is -2.40. The smallest absolute Gasteiger partial charge is 0.123 e. The van der Waals surface area contributed by atoms with Crippen molar-refractivity contribution in [3.63, 3.8) is 0 Å². The zero-order valence-electron chi connectivity index (χ0n) is 6.39. The molecule has 0 spiro atoms. The predicted octanol–water partition coefficient (Wildman–Crippen LogP) is 2.45. The minimum atomic E-state index is -0.196. The summed E-state index contributed by atoms with van der Waals surface area (Å²) in [5, 5.41) is 0. The molecule has 0 radical (unpaired) electrons. The lowest BCUT2D eigenvalue weighted by Gasteiger charge is -2.36. The minimum Gasteiger partial charge on any atom is -0.378 e. The Morgan fingerprint density at radius 1 is 1.42 bits per heavy atom. The van der Waals surface area contributed by atoms with Gasteiger partial charge in [-0.2, -0.15) is 0 Å². The second-order valence-corrected chi connectivity index (χ2v) is 4.49. The Morgan fingerprint density at radius 3 is 2.67 bits per heavy atom. The fourth-order valence-electron chi connectivity index (χ4n) is 1.22. The summed E-state index contributed by atoms with van der Waals surface area (Å²) < 4.78 is 17.7. The standard InChI is InChI=1S/C9H8BrFO/c10-9(5-12-6-9)7-2-1-3-8(11)4-7/h1-4H,5-6H2. The molecular formula is C9H8BrFO. The Kier molecular flexibility index (Phi) is 1.93. The third-order valence-electron chi connectivity index (χ3n) is 2.00. The molecule has 0 saturated carbocycles. The van der Waals surface area contributed by atoms with E-state index < -0.39 is 0 Å². The van der Waals surface area contributed by atoms with E-state index in [1.54, 1.807) is 6.07 Å². The lowest BCUT2D eigenvalue weighted by molar-refractivity contribution is -0.00708. The molecule has 1 aliphatic rings. The zero-order valence-corrected chi connectivity index (χ0v) is 7.97. The van der Waals surface area contributed by atoms with Crippen LogP contribution in [-0.2, 0) is 9.06 Å². The third-order valence-corrected chi connectivity index (χ3v) is 2.92. The molecule has 0 unspecified atom stereocenters. The summed E-state index contributed by atoms with van der Waals surface area (Å²) in [5.74, 6) is -0.196. The molecule has 0 atom stereocenters. The quantitative estimate of drug-likeness (QED) is 0.674. The van der Waals surface area contributed by atoms with E-state index in [0.29, 0.717) is 13.2 Å². The number of benzene rings is 1. The van der Waals surface area contributed by atoms with E-state index in [4.69, 9.17) is 4.74 Å². The zero-order chi connectivity index (χ0) is 8.60. The van der Waals surface area contributed by atoms with E-state index in [1.807, 2.05) is 6.07 Å². The first-order valence-corrected chi connectivity index (χ1v) is 4.53. The van der Waals surface area contributed by atoms with Gasteiger partial charge in [0.25, 0.3) is 0 Å². The first-order chi connectivity index (χ1) is 5.71. The molecule has 0 N–H and O–H groups in total. The fourth-order valence-corrected chi connectivity index (χ4v) is 1.79. The van der Waals surface area contributed by atoms with Crippen molar-refractivity contribution in [3.8, 4) is 0 Å². The second kappa shape index (κ2) is 2.82. The first-order valence-electron chi connectivity index (χ1n) is 3.73. The average Bonchev–Trinajstić information content (AvgIpc) is 2.00. The maximum Gasteiger partial charge on any atom is 0.123 e. The Labute approximate surface area is 78.7 Å². The molecule has 12 heavy (non-hydrogen) atoms. The van der Waals surface area contributed by atoms with Crippen LogP contribution in [0.4, 0.5) is 4.39 Å². The van der Waals surface area contributed by atoms with E-state index in [2.05, 4.69) is 15.9 Å². The van der Waals surface area contributed by atoms with Gasteiger partial charge in [0, 0.05) is 0 Å². The molecule has 1 heterocycles. The monoisotopic (exact) mass is 230 g/mol. The van der Waals surface area contributed by atoms with Crippen molar-refractivity contribution in [3.05, 3.63) is 35.6 Å². The van der Waals surface area contributed by atoms with Gasteiger partial charge in [-0.15, -0.1) is 0 Å². The highest BCUT2D eigenvalue weighted by Gasteiger charge is 2.37. The molecule has 64 valence electrons. The van der Waals surface area contributed by atoms with Crippen LogP contribution in [-0.4, -0.2) is 13.2 Å². The average molecular weight is 231 g/mol. The van der Waals surface area contributed by atoms with Crippen LogP contribution >= 0.6 is 15.9 Å². The Morgan fingerprint density at radius 2 is 2.17 bits per heavy atom. The number of alkyl halides is 1. The molecule has 1 aliphatic heterocycles. The molecule has 1 nitrogen and oxygen atoms in total. The fraction of sp³-hybridized carbons (Fsp3) is 0.333. The van der Waals surface area contributed by atoms with Crippen molar-refractivity contribution in [1.29, 1.82) is 0 Å². The summed E-state index contributed by atoms with van der Waals surface area (Å²) >= 11 is 3.52. The van der Waals surface area contributed by atoms with Gasteiger partial charge in [0.15, 0.2) is 0 Å². The molecule has 1 fully saturated rings. The topological polar surface area (TPSA) is 9.23 Å². The van der Waals surface area contributed by atoms with Crippen LogP contribution in [0.15, 0.2) is 24.3 Å². The molecule has 1 aromatic carbocycles. The SMILES string of the molecule is Fc1cccc(C2(Br)COC2)c1. The molecule has 0 aromatic heterocycles. The summed E-state index contributed by atoms with van der Waals surface area (Å²) in [5.41, 5.74) is 0.953. The lowest BCUT2D eigenvalue weighted by atomic mass is 9.97. The Hall–Kier alpha value is -0.410. The first kappa shape index (κ1) is 8.20. The summed E-state index contributed by atoms with van der Waals surface area (Å²) in [4.78, 5) is 0. The normalized spacial score (nSPS) is 20.2. The van der Waals surface area contributed by atoms with Gasteiger partial charge in [0.2, 0.25) is 0 Å². The second-order valence-electron chi connectivity index (χ2n) is 2.97. The predicted molar refractivity (Wildman–Crippen MR) is 47.8 cm³/mol. The van der Waals surface area contributed by atoms with E-state index in [0.717, 1.165) is 5.56 Å². The molecule has 0 bridgehead atoms. The molecule has 0 amide bonds. The van der Waals surface area contributed by atoms with Crippen LogP contribution in [0.5, 0.6) is 0 Å². The number of halogens is 2. The minimum absolute atomic E-state index is 0.144. The van der Waals surface area contributed by atoms with Crippen molar-refractivity contribution in [2.75, 3.05) is 13.2 Å². The number of rotatable bonds is 1. The van der Waals surface area contributed by atoms with Crippen LogP contribution in [0.25, 0.3) is 0 Å². The Bertz CT molecular complexity index is 296. The maximum absolute atomic E-state index is 12.8. The molecule has 2 rings (SSSR count). The van der Waals surface area contributed by atoms with E-state index in [-0.39, 0.29) is 10.1 Å². The summed E-state index contributed by atoms with van der Waals surface area (Å²) in [6, 6.07) is 6.60.